The summed E-state index contributed by atoms with van der Waals surface area (Å²) >= 11 is 0. The molecule has 0 fully saturated rings. The van der Waals surface area contributed by atoms with Gasteiger partial charge in [-0.05, 0) is 6.42 Å². The van der Waals surface area contributed by atoms with E-state index in [2.05, 4.69) is 23.8 Å². The van der Waals surface area contributed by atoms with Crippen molar-refractivity contribution >= 4 is 18.0 Å². The molecule has 0 aromatic heterocycles. The van der Waals surface area contributed by atoms with E-state index in [1.807, 2.05) is 0 Å². The number of nitrogens with two attached hydrogens (primary N) is 1. The minimum atomic E-state index is -1.02. The van der Waals surface area contributed by atoms with E-state index in [1.54, 1.807) is 0 Å². The monoisotopic (exact) mass is 445 g/mol. The molecule has 178 valence electrons. The number of hydrogen-bond donors (Lipinski definition) is 3. The van der Waals surface area contributed by atoms with Crippen molar-refractivity contribution in [2.75, 3.05) is 65.9 Å². The van der Waals surface area contributed by atoms with Gasteiger partial charge in [-0.25, -0.2) is 9.59 Å². The summed E-state index contributed by atoms with van der Waals surface area (Å²) in [5, 5.41) is 5.05. The van der Waals surface area contributed by atoms with E-state index < -0.39 is 18.1 Å². The minimum absolute atomic E-state index is 0.00149. The Morgan fingerprint density at radius 1 is 0.871 bits per heavy atom. The highest BCUT2D eigenvalue weighted by Gasteiger charge is 2.23. The van der Waals surface area contributed by atoms with E-state index >= 15 is 0 Å². The maximum Gasteiger partial charge on any atom is 0.408 e. The zero-order chi connectivity index (χ0) is 23.2. The first-order valence-corrected chi connectivity index (χ1v) is 10.1. The fraction of sp³-hybridized carbons (Fsp3) is 0.650. The Labute approximate surface area is 183 Å². The predicted octanol–water partition coefficient (Wildman–Crippen LogP) is -0.0987. The van der Waals surface area contributed by atoms with E-state index in [9.17, 15) is 14.4 Å². The predicted molar refractivity (Wildman–Crippen MR) is 113 cm³/mol. The molecule has 0 aliphatic rings. The molecule has 2 amide bonds. The quantitative estimate of drug-likeness (QED) is 0.133. The van der Waals surface area contributed by atoms with Gasteiger partial charge in [0.1, 0.15) is 19.3 Å². The van der Waals surface area contributed by atoms with Crippen molar-refractivity contribution in [1.82, 2.24) is 10.6 Å². The van der Waals surface area contributed by atoms with Gasteiger partial charge in [0.25, 0.3) is 0 Å². The van der Waals surface area contributed by atoms with Crippen molar-refractivity contribution in [3.63, 3.8) is 0 Å². The van der Waals surface area contributed by atoms with Gasteiger partial charge in [-0.1, -0.05) is 25.3 Å². The summed E-state index contributed by atoms with van der Waals surface area (Å²) < 4.78 is 25.5. The lowest BCUT2D eigenvalue weighted by Crippen LogP contribution is -2.43. The van der Waals surface area contributed by atoms with Crippen LogP contribution in [0.2, 0.25) is 0 Å². The van der Waals surface area contributed by atoms with Crippen LogP contribution in [0, 0.1) is 0 Å². The van der Waals surface area contributed by atoms with Crippen LogP contribution in [0.15, 0.2) is 25.3 Å². The van der Waals surface area contributed by atoms with Crippen LogP contribution >= 0.6 is 0 Å². The summed E-state index contributed by atoms with van der Waals surface area (Å²) in [5.74, 6) is -0.973. The number of nitrogens with one attached hydrogen (secondary N) is 2. The first kappa shape index (κ1) is 28.5. The topological polar surface area (TPSA) is 147 Å². The van der Waals surface area contributed by atoms with Crippen LogP contribution in [0.1, 0.15) is 12.8 Å². The molecule has 0 heterocycles. The number of alkyl carbamates (subject to hydrolysis) is 1. The fourth-order valence-corrected chi connectivity index (χ4v) is 2.06. The average molecular weight is 446 g/mol. The van der Waals surface area contributed by atoms with Gasteiger partial charge in [0, 0.05) is 19.5 Å². The van der Waals surface area contributed by atoms with Gasteiger partial charge in [0.05, 0.1) is 39.6 Å². The molecule has 0 unspecified atom stereocenters. The number of rotatable bonds is 20. The third kappa shape index (κ3) is 18.0. The second-order valence-electron chi connectivity index (χ2n) is 6.02. The summed E-state index contributed by atoms with van der Waals surface area (Å²) in [5.41, 5.74) is 5.29. The van der Waals surface area contributed by atoms with Crippen LogP contribution in [-0.2, 0) is 33.3 Å². The fourth-order valence-electron chi connectivity index (χ4n) is 2.06. The Morgan fingerprint density at radius 3 is 2.06 bits per heavy atom. The lowest BCUT2D eigenvalue weighted by Gasteiger charge is -2.17. The molecular weight excluding hydrogens is 410 g/mol. The van der Waals surface area contributed by atoms with Gasteiger partial charge in [0.2, 0.25) is 5.91 Å². The lowest BCUT2D eigenvalue weighted by molar-refractivity contribution is -0.145. The molecule has 31 heavy (non-hydrogen) atoms. The van der Waals surface area contributed by atoms with Gasteiger partial charge in [-0.2, -0.15) is 0 Å². The molecule has 0 radical (unpaired) electrons. The second-order valence-corrected chi connectivity index (χ2v) is 6.02. The van der Waals surface area contributed by atoms with Crippen LogP contribution in [0.5, 0.6) is 0 Å². The number of ether oxygens (including phenoxy) is 5. The molecule has 0 bridgehead atoms. The van der Waals surface area contributed by atoms with E-state index in [1.165, 1.54) is 12.2 Å². The summed E-state index contributed by atoms with van der Waals surface area (Å²) in [4.78, 5) is 35.7. The van der Waals surface area contributed by atoms with Gasteiger partial charge in [-0.3, -0.25) is 4.79 Å². The van der Waals surface area contributed by atoms with Crippen LogP contribution in [0.25, 0.3) is 0 Å². The third-order valence-electron chi connectivity index (χ3n) is 3.49. The van der Waals surface area contributed by atoms with E-state index in [0.29, 0.717) is 52.7 Å². The molecule has 0 spiro atoms. The number of carbonyl (C=O) groups excluding carboxylic acids is 3. The van der Waals surface area contributed by atoms with Gasteiger partial charge < -0.3 is 40.1 Å². The summed E-state index contributed by atoms with van der Waals surface area (Å²) in [6.45, 7) is 10.2. The number of hydrogen-bond acceptors (Lipinski definition) is 9. The van der Waals surface area contributed by atoms with Crippen LogP contribution < -0.4 is 16.4 Å². The van der Waals surface area contributed by atoms with Crippen molar-refractivity contribution in [2.24, 2.45) is 5.73 Å². The molecule has 0 aromatic rings. The normalized spacial score (nSPS) is 11.3. The largest absolute Gasteiger partial charge is 0.460 e. The number of amides is 2. The molecule has 0 aliphatic heterocycles. The Hall–Kier alpha value is -2.47. The highest BCUT2D eigenvalue weighted by Crippen LogP contribution is 2.02. The molecule has 0 saturated heterocycles. The minimum Gasteiger partial charge on any atom is -0.460 e. The molecule has 0 saturated carbocycles. The van der Waals surface area contributed by atoms with Gasteiger partial charge in [-0.15, -0.1) is 0 Å². The van der Waals surface area contributed by atoms with Gasteiger partial charge >= 0.3 is 12.1 Å². The first-order valence-electron chi connectivity index (χ1n) is 10.1. The Kier molecular flexibility index (Phi) is 19.1. The van der Waals surface area contributed by atoms with E-state index in [-0.39, 0.29) is 32.0 Å². The Morgan fingerprint density at radius 2 is 1.45 bits per heavy atom. The molecule has 0 aliphatic carbocycles. The number of esters is 1. The van der Waals surface area contributed by atoms with Crippen molar-refractivity contribution < 1.29 is 38.1 Å². The van der Waals surface area contributed by atoms with Gasteiger partial charge in [0.15, 0.2) is 0 Å². The molecule has 11 nitrogen and oxygen atoms in total. The molecule has 0 rings (SSSR count). The molecule has 1 atom stereocenters. The summed E-state index contributed by atoms with van der Waals surface area (Å²) in [7, 11) is 0. The SMILES string of the molecule is C=CCOC(=O)N[C@@H](CCC(=O)NCCOCCOCCOCCN)C(=O)OCC=C. The Bertz CT molecular complexity index is 531. The molecule has 11 heteroatoms. The van der Waals surface area contributed by atoms with Crippen LogP contribution in [0.4, 0.5) is 4.79 Å². The molecule has 0 aromatic carbocycles. The average Bonchev–Trinajstić information content (AvgIpc) is 2.77. The van der Waals surface area contributed by atoms with E-state index in [4.69, 9.17) is 29.4 Å². The highest BCUT2D eigenvalue weighted by atomic mass is 16.6. The molecule has 4 N–H and O–H groups in total. The van der Waals surface area contributed by atoms with Crippen molar-refractivity contribution in [2.45, 2.75) is 18.9 Å². The van der Waals surface area contributed by atoms with Crippen molar-refractivity contribution in [1.29, 1.82) is 0 Å². The smallest absolute Gasteiger partial charge is 0.408 e. The second kappa shape index (κ2) is 20.8. The third-order valence-corrected chi connectivity index (χ3v) is 3.49. The highest BCUT2D eigenvalue weighted by molar-refractivity contribution is 5.83. The first-order chi connectivity index (χ1) is 15.0. The van der Waals surface area contributed by atoms with E-state index in [0.717, 1.165) is 0 Å². The summed E-state index contributed by atoms with van der Waals surface area (Å²) in [6, 6.07) is -1.02. The Balaban J connectivity index is 3.99. The van der Waals surface area contributed by atoms with Crippen LogP contribution in [0.3, 0.4) is 0 Å². The summed E-state index contributed by atoms with van der Waals surface area (Å²) in [6.07, 6.45) is 2.04. The van der Waals surface area contributed by atoms with Crippen LogP contribution in [-0.4, -0.2) is 90.0 Å². The zero-order valence-electron chi connectivity index (χ0n) is 18.0. The maximum atomic E-state index is 12.0. The standard InChI is InChI=1S/C20H35N3O8/c1-3-9-30-19(25)17(23-20(26)31-10-4-2)5-6-18(24)22-8-12-28-14-16-29-15-13-27-11-7-21/h3-4,17H,1-2,5-16,21H2,(H,22,24)(H,23,26)/t17-/m0/s1. The molecular formula is C20H35N3O8. The zero-order valence-corrected chi connectivity index (χ0v) is 18.0. The lowest BCUT2D eigenvalue weighted by atomic mass is 10.1. The van der Waals surface area contributed by atoms with Crippen molar-refractivity contribution in [3.8, 4) is 0 Å². The number of carbonyl (C=O) groups is 3. The maximum absolute atomic E-state index is 12.0. The van der Waals surface area contributed by atoms with Crippen molar-refractivity contribution in [3.05, 3.63) is 25.3 Å².